The zero-order chi connectivity index (χ0) is 21.4. The van der Waals surface area contributed by atoms with Gasteiger partial charge in [0, 0.05) is 63.9 Å². The van der Waals surface area contributed by atoms with Crippen LogP contribution in [0.5, 0.6) is 0 Å². The highest BCUT2D eigenvalue weighted by Gasteiger charge is 2.19. The Labute approximate surface area is 179 Å². The van der Waals surface area contributed by atoms with Crippen LogP contribution in [0.1, 0.15) is 26.7 Å². The first-order chi connectivity index (χ1) is 14.5. The van der Waals surface area contributed by atoms with Crippen LogP contribution in [-0.4, -0.2) is 73.6 Å². The Morgan fingerprint density at radius 2 is 1.83 bits per heavy atom. The Hall–Kier alpha value is -2.30. The first-order valence-electron chi connectivity index (χ1n) is 10.4. The van der Waals surface area contributed by atoms with Gasteiger partial charge in [0.2, 0.25) is 16.0 Å². The molecule has 2 N–H and O–H groups in total. The summed E-state index contributed by atoms with van der Waals surface area (Å²) < 4.78 is 27.5. The smallest absolute Gasteiger partial charge is 0.242 e. The lowest BCUT2D eigenvalue weighted by Crippen LogP contribution is -2.48. The summed E-state index contributed by atoms with van der Waals surface area (Å²) in [7, 11) is -3.53. The lowest BCUT2D eigenvalue weighted by Gasteiger charge is -2.34. The van der Waals surface area contributed by atoms with E-state index in [1.165, 1.54) is 6.20 Å². The van der Waals surface area contributed by atoms with Gasteiger partial charge in [0.15, 0.2) is 0 Å². The molecule has 0 aromatic carbocycles. The van der Waals surface area contributed by atoms with Crippen LogP contribution in [0.25, 0.3) is 0 Å². The Kier molecular flexibility index (Phi) is 7.94. The molecule has 30 heavy (non-hydrogen) atoms. The molecule has 1 atom stereocenters. The number of nitrogens with zero attached hydrogens (tertiary/aromatic N) is 5. The third-order valence-electron chi connectivity index (χ3n) is 5.07. The molecule has 0 spiro atoms. The van der Waals surface area contributed by atoms with Crippen LogP contribution in [0, 0.1) is 0 Å². The van der Waals surface area contributed by atoms with Gasteiger partial charge < -0.3 is 10.2 Å². The van der Waals surface area contributed by atoms with E-state index in [4.69, 9.17) is 0 Å². The van der Waals surface area contributed by atoms with Gasteiger partial charge >= 0.3 is 0 Å². The number of piperazine rings is 1. The second kappa shape index (κ2) is 10.6. The number of hydrogen-bond donors (Lipinski definition) is 2. The normalized spacial score (nSPS) is 16.4. The zero-order valence-corrected chi connectivity index (χ0v) is 18.5. The number of nitrogens with one attached hydrogen (secondary N) is 2. The van der Waals surface area contributed by atoms with Crippen LogP contribution < -0.4 is 14.9 Å². The molecular formula is C20H31N7O2S. The molecule has 2 aromatic heterocycles. The first kappa shape index (κ1) is 22.4. The molecule has 1 fully saturated rings. The molecule has 0 saturated carbocycles. The number of pyridine rings is 1. The summed E-state index contributed by atoms with van der Waals surface area (Å²) in [5.41, 5.74) is 0. The Bertz CT molecular complexity index is 870. The van der Waals surface area contributed by atoms with Gasteiger partial charge in [-0.05, 0) is 31.5 Å². The van der Waals surface area contributed by atoms with E-state index in [9.17, 15) is 8.42 Å². The molecule has 2 aromatic rings. The molecule has 0 radical (unpaired) electrons. The van der Waals surface area contributed by atoms with Crippen molar-refractivity contribution in [2.75, 3.05) is 49.5 Å². The number of rotatable bonds is 10. The molecule has 0 aliphatic carbocycles. The standard InChI is InChI=1S/C20H31N7O2S/c1-3-5-17(2)25-30(28,29)18-6-7-19(24-16-18)21-10-11-26-12-14-27(15-13-26)20-22-8-4-9-23-20/h4,6-9,16-17,25H,3,5,10-15H2,1-2H3,(H,21,24). The zero-order valence-electron chi connectivity index (χ0n) is 17.7. The van der Waals surface area contributed by atoms with Crippen LogP contribution in [0.2, 0.25) is 0 Å². The number of aromatic nitrogens is 3. The van der Waals surface area contributed by atoms with Crippen molar-refractivity contribution in [1.29, 1.82) is 0 Å². The molecule has 0 amide bonds. The predicted molar refractivity (Wildman–Crippen MR) is 118 cm³/mol. The van der Waals surface area contributed by atoms with Crippen LogP contribution in [0.3, 0.4) is 0 Å². The minimum absolute atomic E-state index is 0.0910. The largest absolute Gasteiger partial charge is 0.369 e. The van der Waals surface area contributed by atoms with Crippen molar-refractivity contribution in [2.45, 2.75) is 37.6 Å². The van der Waals surface area contributed by atoms with Crippen molar-refractivity contribution in [3.63, 3.8) is 0 Å². The maximum atomic E-state index is 12.4. The summed E-state index contributed by atoms with van der Waals surface area (Å²) in [5.74, 6) is 1.46. The van der Waals surface area contributed by atoms with E-state index in [1.807, 2.05) is 19.9 Å². The SMILES string of the molecule is CCCC(C)NS(=O)(=O)c1ccc(NCCN2CCN(c3ncccn3)CC2)nc1. The van der Waals surface area contributed by atoms with Gasteiger partial charge in [0.25, 0.3) is 0 Å². The highest BCUT2D eigenvalue weighted by Crippen LogP contribution is 2.13. The van der Waals surface area contributed by atoms with Gasteiger partial charge in [-0.2, -0.15) is 0 Å². The van der Waals surface area contributed by atoms with Crippen molar-refractivity contribution >= 4 is 21.8 Å². The van der Waals surface area contributed by atoms with Gasteiger partial charge in [0.1, 0.15) is 10.7 Å². The molecule has 1 aliphatic heterocycles. The lowest BCUT2D eigenvalue weighted by molar-refractivity contribution is 0.266. The summed E-state index contributed by atoms with van der Waals surface area (Å²) in [6.45, 7) is 9.24. The average molecular weight is 434 g/mol. The van der Waals surface area contributed by atoms with E-state index in [0.29, 0.717) is 5.82 Å². The fraction of sp³-hybridized carbons (Fsp3) is 0.550. The molecular weight excluding hydrogens is 402 g/mol. The molecule has 9 nitrogen and oxygen atoms in total. The fourth-order valence-corrected chi connectivity index (χ4v) is 4.66. The van der Waals surface area contributed by atoms with E-state index in [0.717, 1.165) is 58.1 Å². The van der Waals surface area contributed by atoms with Gasteiger partial charge in [-0.1, -0.05) is 13.3 Å². The third-order valence-corrected chi connectivity index (χ3v) is 6.64. The van der Waals surface area contributed by atoms with Crippen LogP contribution >= 0.6 is 0 Å². The summed E-state index contributed by atoms with van der Waals surface area (Å²) in [6.07, 6.45) is 6.68. The Balaban J connectivity index is 1.41. The average Bonchev–Trinajstić information content (AvgIpc) is 2.75. The van der Waals surface area contributed by atoms with Crippen molar-refractivity contribution in [3.8, 4) is 0 Å². The number of hydrogen-bond acceptors (Lipinski definition) is 8. The van der Waals surface area contributed by atoms with Gasteiger partial charge in [0.05, 0.1) is 0 Å². The van der Waals surface area contributed by atoms with Crippen molar-refractivity contribution < 1.29 is 8.42 Å². The van der Waals surface area contributed by atoms with Crippen LogP contribution in [0.4, 0.5) is 11.8 Å². The summed E-state index contributed by atoms with van der Waals surface area (Å²) in [4.78, 5) is 17.6. The molecule has 1 unspecified atom stereocenters. The van der Waals surface area contributed by atoms with E-state index in [-0.39, 0.29) is 10.9 Å². The quantitative estimate of drug-likeness (QED) is 0.582. The second-order valence-electron chi connectivity index (χ2n) is 7.49. The van der Waals surface area contributed by atoms with Crippen LogP contribution in [0.15, 0.2) is 41.7 Å². The molecule has 3 rings (SSSR count). The Morgan fingerprint density at radius 3 is 2.47 bits per heavy atom. The van der Waals surface area contributed by atoms with Gasteiger partial charge in [-0.25, -0.2) is 28.1 Å². The molecule has 3 heterocycles. The van der Waals surface area contributed by atoms with Crippen molar-refractivity contribution in [1.82, 2.24) is 24.6 Å². The molecule has 1 saturated heterocycles. The maximum Gasteiger partial charge on any atom is 0.242 e. The first-order valence-corrected chi connectivity index (χ1v) is 11.9. The van der Waals surface area contributed by atoms with Crippen LogP contribution in [-0.2, 0) is 10.0 Å². The highest BCUT2D eigenvalue weighted by atomic mass is 32.2. The minimum atomic E-state index is -3.53. The van der Waals surface area contributed by atoms with E-state index in [1.54, 1.807) is 24.5 Å². The topological polar surface area (TPSA) is 103 Å². The molecule has 0 bridgehead atoms. The van der Waals surface area contributed by atoms with Gasteiger partial charge in [-0.15, -0.1) is 0 Å². The summed E-state index contributed by atoms with van der Waals surface area (Å²) >= 11 is 0. The molecule has 10 heteroatoms. The summed E-state index contributed by atoms with van der Waals surface area (Å²) in [5, 5.41) is 3.27. The summed E-state index contributed by atoms with van der Waals surface area (Å²) in [6, 6.07) is 5.04. The Morgan fingerprint density at radius 1 is 1.10 bits per heavy atom. The number of anilines is 2. The highest BCUT2D eigenvalue weighted by molar-refractivity contribution is 7.89. The van der Waals surface area contributed by atoms with E-state index in [2.05, 4.69) is 34.8 Å². The monoisotopic (exact) mass is 433 g/mol. The van der Waals surface area contributed by atoms with E-state index >= 15 is 0 Å². The van der Waals surface area contributed by atoms with E-state index < -0.39 is 10.0 Å². The lowest BCUT2D eigenvalue weighted by atomic mass is 10.2. The van der Waals surface area contributed by atoms with Gasteiger partial charge in [-0.3, -0.25) is 4.90 Å². The number of sulfonamides is 1. The fourth-order valence-electron chi connectivity index (χ4n) is 3.44. The molecule has 164 valence electrons. The minimum Gasteiger partial charge on any atom is -0.369 e. The van der Waals surface area contributed by atoms with Crippen molar-refractivity contribution in [3.05, 3.63) is 36.8 Å². The molecule has 1 aliphatic rings. The maximum absolute atomic E-state index is 12.4. The van der Waals surface area contributed by atoms with Crippen molar-refractivity contribution in [2.24, 2.45) is 0 Å². The predicted octanol–water partition coefficient (Wildman–Crippen LogP) is 1.57. The second-order valence-corrected chi connectivity index (χ2v) is 9.21. The third kappa shape index (κ3) is 6.35.